The van der Waals surface area contributed by atoms with Gasteiger partial charge in [-0.3, -0.25) is 14.5 Å². The van der Waals surface area contributed by atoms with Crippen LogP contribution in [0.15, 0.2) is 22.5 Å². The first-order chi connectivity index (χ1) is 17.3. The monoisotopic (exact) mass is 555 g/mol. The SMILES string of the molecule is O=C1C(NS(=O)(=O)c2nc3cc(Cl)ccc3s2)CCCN1CC(=O)N1CCCC1CN1CCOCC1. The molecule has 196 valence electrons. The molecule has 3 aliphatic rings. The molecule has 3 aliphatic heterocycles. The molecule has 4 heterocycles. The highest BCUT2D eigenvalue weighted by Gasteiger charge is 2.37. The molecule has 2 aromatic rings. The smallest absolute Gasteiger partial charge is 0.268 e. The first-order valence-corrected chi connectivity index (χ1v) is 14.9. The average molecular weight is 556 g/mol. The van der Waals surface area contributed by atoms with Crippen LogP contribution in [-0.2, 0) is 24.3 Å². The number of rotatable bonds is 7. The number of aromatic nitrogens is 1. The molecule has 13 heteroatoms. The lowest BCUT2D eigenvalue weighted by Crippen LogP contribution is -2.55. The minimum absolute atomic E-state index is 0.0314. The van der Waals surface area contributed by atoms with Gasteiger partial charge < -0.3 is 14.5 Å². The fourth-order valence-corrected chi connectivity index (χ4v) is 7.74. The summed E-state index contributed by atoms with van der Waals surface area (Å²) in [7, 11) is -4.00. The van der Waals surface area contributed by atoms with Gasteiger partial charge >= 0.3 is 0 Å². The second-order valence-electron chi connectivity index (χ2n) is 9.46. The number of likely N-dealkylation sites (tertiary alicyclic amines) is 2. The van der Waals surface area contributed by atoms with Gasteiger partial charge in [-0.05, 0) is 43.9 Å². The highest BCUT2D eigenvalue weighted by molar-refractivity contribution is 7.91. The van der Waals surface area contributed by atoms with Gasteiger partial charge in [0.05, 0.1) is 30.0 Å². The van der Waals surface area contributed by atoms with Crippen LogP contribution in [0.1, 0.15) is 25.7 Å². The number of hydrogen-bond acceptors (Lipinski definition) is 8. The predicted octanol–water partition coefficient (Wildman–Crippen LogP) is 1.54. The summed E-state index contributed by atoms with van der Waals surface area (Å²) in [5.41, 5.74) is 0.493. The Morgan fingerprint density at radius 1 is 1.17 bits per heavy atom. The van der Waals surface area contributed by atoms with E-state index in [1.165, 1.54) is 4.90 Å². The molecule has 0 bridgehead atoms. The van der Waals surface area contributed by atoms with Crippen LogP contribution in [0, 0.1) is 0 Å². The molecule has 5 rings (SSSR count). The topological polar surface area (TPSA) is 112 Å². The number of piperidine rings is 1. The van der Waals surface area contributed by atoms with Gasteiger partial charge in [0.25, 0.3) is 10.0 Å². The number of nitrogens with one attached hydrogen (secondary N) is 1. The molecule has 2 amide bonds. The lowest BCUT2D eigenvalue weighted by Gasteiger charge is -2.35. The molecule has 3 saturated heterocycles. The van der Waals surface area contributed by atoms with E-state index in [-0.39, 0.29) is 28.7 Å². The lowest BCUT2D eigenvalue weighted by molar-refractivity contribution is -0.143. The molecule has 1 aromatic heterocycles. The minimum Gasteiger partial charge on any atom is -0.379 e. The first kappa shape index (κ1) is 25.8. The van der Waals surface area contributed by atoms with Crippen molar-refractivity contribution < 1.29 is 22.7 Å². The van der Waals surface area contributed by atoms with Crippen molar-refractivity contribution in [3.8, 4) is 0 Å². The number of carbonyl (C=O) groups is 2. The molecule has 0 radical (unpaired) electrons. The minimum atomic E-state index is -4.00. The van der Waals surface area contributed by atoms with Crippen molar-refractivity contribution in [3.05, 3.63) is 23.2 Å². The van der Waals surface area contributed by atoms with E-state index in [0.29, 0.717) is 54.4 Å². The quantitative estimate of drug-likeness (QED) is 0.551. The summed E-state index contributed by atoms with van der Waals surface area (Å²) < 4.78 is 34.6. The number of halogens is 1. The molecule has 3 fully saturated rings. The van der Waals surface area contributed by atoms with Crippen molar-refractivity contribution in [1.29, 1.82) is 0 Å². The van der Waals surface area contributed by atoms with Crippen molar-refractivity contribution in [2.45, 2.75) is 42.1 Å². The summed E-state index contributed by atoms with van der Waals surface area (Å²) in [6.07, 6.45) is 2.89. The summed E-state index contributed by atoms with van der Waals surface area (Å²) in [5, 5.41) is 0.470. The largest absolute Gasteiger partial charge is 0.379 e. The summed E-state index contributed by atoms with van der Waals surface area (Å²) in [5.74, 6) is -0.447. The Bertz CT molecular complexity index is 1230. The van der Waals surface area contributed by atoms with Crippen molar-refractivity contribution in [2.75, 3.05) is 52.5 Å². The van der Waals surface area contributed by atoms with Crippen molar-refractivity contribution in [3.63, 3.8) is 0 Å². The van der Waals surface area contributed by atoms with E-state index < -0.39 is 16.1 Å². The van der Waals surface area contributed by atoms with E-state index in [1.54, 1.807) is 18.2 Å². The number of sulfonamides is 1. The molecule has 10 nitrogen and oxygen atoms in total. The molecule has 0 spiro atoms. The zero-order chi connectivity index (χ0) is 25.3. The van der Waals surface area contributed by atoms with Gasteiger partial charge in [0, 0.05) is 43.8 Å². The maximum Gasteiger partial charge on any atom is 0.268 e. The van der Waals surface area contributed by atoms with Crippen molar-refractivity contribution in [2.24, 2.45) is 0 Å². The third-order valence-electron chi connectivity index (χ3n) is 6.98. The fraction of sp³-hybridized carbons (Fsp3) is 0.609. The Balaban J connectivity index is 1.21. The number of nitrogens with zero attached hydrogens (tertiary/aromatic N) is 4. The highest BCUT2D eigenvalue weighted by atomic mass is 35.5. The van der Waals surface area contributed by atoms with Crippen LogP contribution in [0.2, 0.25) is 5.02 Å². The number of benzene rings is 1. The van der Waals surface area contributed by atoms with Crippen LogP contribution in [-0.4, -0.2) is 104 Å². The van der Waals surface area contributed by atoms with Crippen LogP contribution in [0.4, 0.5) is 0 Å². The van der Waals surface area contributed by atoms with Gasteiger partial charge in [-0.1, -0.05) is 11.6 Å². The molecule has 1 aromatic carbocycles. The van der Waals surface area contributed by atoms with Crippen LogP contribution in [0.3, 0.4) is 0 Å². The normalized spacial score (nSPS) is 24.1. The summed E-state index contributed by atoms with van der Waals surface area (Å²) in [6, 6.07) is 4.22. The lowest BCUT2D eigenvalue weighted by atomic mass is 10.1. The fourth-order valence-electron chi connectivity index (χ4n) is 5.13. The molecule has 2 atom stereocenters. The van der Waals surface area contributed by atoms with E-state index in [2.05, 4.69) is 14.6 Å². The maximum atomic E-state index is 13.2. The van der Waals surface area contributed by atoms with Gasteiger partial charge in [-0.15, -0.1) is 11.3 Å². The van der Waals surface area contributed by atoms with E-state index >= 15 is 0 Å². The Morgan fingerprint density at radius 2 is 1.94 bits per heavy atom. The third-order valence-corrected chi connectivity index (χ3v) is 10.1. The van der Waals surface area contributed by atoms with E-state index in [1.807, 2.05) is 4.90 Å². The zero-order valence-electron chi connectivity index (χ0n) is 19.9. The summed E-state index contributed by atoms with van der Waals surface area (Å²) in [6.45, 7) is 5.07. The number of hydrogen-bond donors (Lipinski definition) is 1. The van der Waals surface area contributed by atoms with E-state index in [0.717, 1.165) is 43.8 Å². The highest BCUT2D eigenvalue weighted by Crippen LogP contribution is 2.28. The summed E-state index contributed by atoms with van der Waals surface area (Å²) in [4.78, 5) is 36.3. The van der Waals surface area contributed by atoms with Gasteiger partial charge in [-0.25, -0.2) is 13.4 Å². The number of carbonyl (C=O) groups excluding carboxylic acids is 2. The first-order valence-electron chi connectivity index (χ1n) is 12.3. The van der Waals surface area contributed by atoms with E-state index in [9.17, 15) is 18.0 Å². The average Bonchev–Trinajstić information content (AvgIpc) is 3.49. The second-order valence-corrected chi connectivity index (χ2v) is 12.8. The van der Waals surface area contributed by atoms with Crippen molar-refractivity contribution >= 4 is 55.0 Å². The Labute approximate surface area is 219 Å². The summed E-state index contributed by atoms with van der Waals surface area (Å²) >= 11 is 7.02. The maximum absolute atomic E-state index is 13.2. The number of morpholine rings is 1. The number of thiazole rings is 1. The van der Waals surface area contributed by atoms with Gasteiger partial charge in [0.2, 0.25) is 16.2 Å². The standard InChI is InChI=1S/C23H30ClN5O5S2/c24-16-5-6-20-19(13-16)25-23(35-20)36(32,33)26-18-4-2-7-28(22(18)31)15-21(30)29-8-1-3-17(29)14-27-9-11-34-12-10-27/h5-6,13,17-18,26H,1-4,7-12,14-15H2. The number of fused-ring (bicyclic) bond motifs is 1. The molecule has 0 aliphatic carbocycles. The van der Waals surface area contributed by atoms with Gasteiger partial charge in [0.1, 0.15) is 6.04 Å². The Morgan fingerprint density at radius 3 is 2.75 bits per heavy atom. The van der Waals surface area contributed by atoms with E-state index in [4.69, 9.17) is 16.3 Å². The van der Waals surface area contributed by atoms with Crippen molar-refractivity contribution in [1.82, 2.24) is 24.4 Å². The molecular weight excluding hydrogens is 526 g/mol. The third kappa shape index (κ3) is 5.68. The predicted molar refractivity (Wildman–Crippen MR) is 137 cm³/mol. The van der Waals surface area contributed by atoms with Gasteiger partial charge in [0.15, 0.2) is 0 Å². The molecular formula is C23H30ClN5O5S2. The molecule has 1 N–H and O–H groups in total. The molecule has 2 unspecified atom stereocenters. The Hall–Kier alpha value is -1.83. The second kappa shape index (κ2) is 10.9. The zero-order valence-corrected chi connectivity index (χ0v) is 22.3. The van der Waals surface area contributed by atoms with Crippen LogP contribution < -0.4 is 4.72 Å². The Kier molecular flexibility index (Phi) is 7.80. The van der Waals surface area contributed by atoms with Gasteiger partial charge in [-0.2, -0.15) is 4.72 Å². The molecule has 36 heavy (non-hydrogen) atoms. The van der Waals surface area contributed by atoms with Crippen LogP contribution in [0.25, 0.3) is 10.2 Å². The molecule has 0 saturated carbocycles. The number of amides is 2. The van der Waals surface area contributed by atoms with Crippen LogP contribution in [0.5, 0.6) is 0 Å². The van der Waals surface area contributed by atoms with Crippen LogP contribution >= 0.6 is 22.9 Å². The number of ether oxygens (including phenoxy) is 1.